The number of aromatic nitrogens is 3. The Morgan fingerprint density at radius 1 is 1.14 bits per heavy atom. The van der Waals surface area contributed by atoms with E-state index in [0.29, 0.717) is 17.4 Å². The molecule has 29 heavy (non-hydrogen) atoms. The van der Waals surface area contributed by atoms with Gasteiger partial charge in [-0.15, -0.1) is 10.2 Å². The molecule has 1 atom stereocenters. The molecule has 0 aliphatic carbocycles. The molecule has 0 saturated carbocycles. The Balaban J connectivity index is 2.06. The first-order chi connectivity index (χ1) is 13.8. The van der Waals surface area contributed by atoms with Crippen molar-refractivity contribution in [2.45, 2.75) is 29.9 Å². The minimum Gasteiger partial charge on any atom is -0.468 e. The van der Waals surface area contributed by atoms with Crippen LogP contribution in [-0.4, -0.2) is 33.1 Å². The number of esters is 1. The third kappa shape index (κ3) is 4.97. The first-order valence-corrected chi connectivity index (χ1v) is 9.58. The summed E-state index contributed by atoms with van der Waals surface area (Å²) in [4.78, 5) is 11.8. The molecular formula is C20H18F3N3O2S. The fourth-order valence-corrected chi connectivity index (χ4v) is 3.64. The van der Waals surface area contributed by atoms with Crippen molar-refractivity contribution in [2.75, 3.05) is 7.11 Å². The topological polar surface area (TPSA) is 57.0 Å². The zero-order chi connectivity index (χ0) is 21.0. The van der Waals surface area contributed by atoms with Crippen molar-refractivity contribution in [1.82, 2.24) is 14.8 Å². The van der Waals surface area contributed by atoms with Crippen LogP contribution in [0.15, 0.2) is 59.8 Å². The molecule has 1 heterocycles. The SMILES string of the molecule is COC(=O)C(C)Sc1nnc(Cc2ccccc2)n1-c1cccc(C(F)(F)F)c1. The van der Waals surface area contributed by atoms with E-state index in [0.717, 1.165) is 29.5 Å². The van der Waals surface area contributed by atoms with E-state index in [-0.39, 0.29) is 5.69 Å². The van der Waals surface area contributed by atoms with Crippen molar-refractivity contribution in [3.63, 3.8) is 0 Å². The molecule has 0 aliphatic rings. The molecule has 3 rings (SSSR count). The van der Waals surface area contributed by atoms with Crippen molar-refractivity contribution < 1.29 is 22.7 Å². The van der Waals surface area contributed by atoms with Gasteiger partial charge in [-0.1, -0.05) is 48.2 Å². The van der Waals surface area contributed by atoms with E-state index in [1.54, 1.807) is 17.6 Å². The van der Waals surface area contributed by atoms with Crippen molar-refractivity contribution in [1.29, 1.82) is 0 Å². The minimum absolute atomic E-state index is 0.273. The predicted molar refractivity (Wildman–Crippen MR) is 103 cm³/mol. The van der Waals surface area contributed by atoms with Gasteiger partial charge >= 0.3 is 12.1 Å². The summed E-state index contributed by atoms with van der Waals surface area (Å²) < 4.78 is 45.9. The second kappa shape index (κ2) is 8.69. The average molecular weight is 421 g/mol. The molecule has 2 aromatic carbocycles. The molecule has 9 heteroatoms. The molecule has 0 amide bonds. The van der Waals surface area contributed by atoms with Gasteiger partial charge in [-0.3, -0.25) is 9.36 Å². The Kier molecular flexibility index (Phi) is 6.26. The number of halogens is 3. The third-order valence-electron chi connectivity index (χ3n) is 4.15. The largest absolute Gasteiger partial charge is 0.468 e. The van der Waals surface area contributed by atoms with Crippen LogP contribution in [0.1, 0.15) is 23.9 Å². The van der Waals surface area contributed by atoms with E-state index in [4.69, 9.17) is 4.74 Å². The average Bonchev–Trinajstić information content (AvgIpc) is 3.09. The summed E-state index contributed by atoms with van der Waals surface area (Å²) >= 11 is 1.08. The molecule has 3 aromatic rings. The van der Waals surface area contributed by atoms with Crippen LogP contribution >= 0.6 is 11.8 Å². The lowest BCUT2D eigenvalue weighted by atomic mass is 10.1. The van der Waals surface area contributed by atoms with E-state index in [2.05, 4.69) is 10.2 Å². The number of methoxy groups -OCH3 is 1. The molecule has 0 radical (unpaired) electrons. The highest BCUT2D eigenvalue weighted by Gasteiger charge is 2.31. The van der Waals surface area contributed by atoms with Gasteiger partial charge in [-0.25, -0.2) is 0 Å². The van der Waals surface area contributed by atoms with Crippen LogP contribution in [0.2, 0.25) is 0 Å². The number of rotatable bonds is 6. The lowest BCUT2D eigenvalue weighted by Crippen LogP contribution is -2.16. The second-order valence-electron chi connectivity index (χ2n) is 6.23. The maximum Gasteiger partial charge on any atom is 0.416 e. The van der Waals surface area contributed by atoms with Gasteiger partial charge in [0, 0.05) is 6.42 Å². The highest BCUT2D eigenvalue weighted by molar-refractivity contribution is 8.00. The van der Waals surface area contributed by atoms with E-state index in [1.165, 1.54) is 13.2 Å². The summed E-state index contributed by atoms with van der Waals surface area (Å²) in [6.45, 7) is 1.64. The van der Waals surface area contributed by atoms with Crippen molar-refractivity contribution >= 4 is 17.7 Å². The first kappa shape index (κ1) is 20.9. The molecule has 152 valence electrons. The summed E-state index contributed by atoms with van der Waals surface area (Å²) in [5, 5.41) is 8.02. The number of ether oxygens (including phenoxy) is 1. The van der Waals surface area contributed by atoms with Gasteiger partial charge < -0.3 is 4.74 Å². The van der Waals surface area contributed by atoms with Crippen LogP contribution in [0.25, 0.3) is 5.69 Å². The molecule has 5 nitrogen and oxygen atoms in total. The molecular weight excluding hydrogens is 403 g/mol. The zero-order valence-electron chi connectivity index (χ0n) is 15.7. The van der Waals surface area contributed by atoms with Gasteiger partial charge in [0.25, 0.3) is 0 Å². The minimum atomic E-state index is -4.48. The standard InChI is InChI=1S/C20H18F3N3O2S/c1-13(18(27)28-2)29-19-25-24-17(11-14-7-4-3-5-8-14)26(19)16-10-6-9-15(12-16)20(21,22)23/h3-10,12-13H,11H2,1-2H3. The van der Waals surface area contributed by atoms with E-state index < -0.39 is 23.0 Å². The number of hydrogen-bond donors (Lipinski definition) is 0. The summed E-state index contributed by atoms with van der Waals surface area (Å²) in [5.74, 6) is 0.00768. The Morgan fingerprint density at radius 2 is 1.86 bits per heavy atom. The second-order valence-corrected chi connectivity index (χ2v) is 7.54. The van der Waals surface area contributed by atoms with Crippen molar-refractivity contribution in [2.24, 2.45) is 0 Å². The quantitative estimate of drug-likeness (QED) is 0.432. The van der Waals surface area contributed by atoms with E-state index in [9.17, 15) is 18.0 Å². The first-order valence-electron chi connectivity index (χ1n) is 8.70. The molecule has 0 fully saturated rings. The van der Waals surface area contributed by atoms with Gasteiger partial charge in [-0.05, 0) is 30.7 Å². The van der Waals surface area contributed by atoms with Crippen molar-refractivity contribution in [3.05, 3.63) is 71.5 Å². The number of nitrogens with zero attached hydrogens (tertiary/aromatic N) is 3. The number of carbonyl (C=O) groups is 1. The Labute approximate surface area is 169 Å². The number of benzene rings is 2. The molecule has 0 saturated heterocycles. The molecule has 1 aromatic heterocycles. The highest BCUT2D eigenvalue weighted by Crippen LogP contribution is 2.32. The summed E-state index contributed by atoms with van der Waals surface area (Å²) in [6, 6.07) is 14.4. The zero-order valence-corrected chi connectivity index (χ0v) is 16.5. The number of thioether (sulfide) groups is 1. The van der Waals surface area contributed by atoms with Gasteiger partial charge in [0.1, 0.15) is 11.1 Å². The third-order valence-corrected chi connectivity index (χ3v) is 5.17. The van der Waals surface area contributed by atoms with E-state index >= 15 is 0 Å². The number of alkyl halides is 3. The Hall–Kier alpha value is -2.81. The fraction of sp³-hybridized carbons (Fsp3) is 0.250. The van der Waals surface area contributed by atoms with Gasteiger partial charge in [0.05, 0.1) is 18.4 Å². The van der Waals surface area contributed by atoms with Crippen LogP contribution in [0.4, 0.5) is 13.2 Å². The maximum atomic E-state index is 13.2. The molecule has 0 aliphatic heterocycles. The Morgan fingerprint density at radius 3 is 2.52 bits per heavy atom. The summed E-state index contributed by atoms with van der Waals surface area (Å²) in [5.41, 5.74) is 0.437. The number of hydrogen-bond acceptors (Lipinski definition) is 5. The van der Waals surface area contributed by atoms with Crippen LogP contribution < -0.4 is 0 Å². The van der Waals surface area contributed by atoms with Crippen molar-refractivity contribution in [3.8, 4) is 5.69 Å². The van der Waals surface area contributed by atoms with Crippen LogP contribution in [0, 0.1) is 0 Å². The van der Waals surface area contributed by atoms with Crippen LogP contribution in [-0.2, 0) is 22.1 Å². The monoisotopic (exact) mass is 421 g/mol. The summed E-state index contributed by atoms with van der Waals surface area (Å²) in [7, 11) is 1.28. The van der Waals surface area contributed by atoms with Gasteiger partial charge in [0.2, 0.25) is 0 Å². The smallest absolute Gasteiger partial charge is 0.416 e. The molecule has 0 N–H and O–H groups in total. The number of carbonyl (C=O) groups excluding carboxylic acids is 1. The molecule has 0 spiro atoms. The van der Waals surface area contributed by atoms with Crippen LogP contribution in [0.3, 0.4) is 0 Å². The highest BCUT2D eigenvalue weighted by atomic mass is 32.2. The maximum absolute atomic E-state index is 13.2. The lowest BCUT2D eigenvalue weighted by molar-refractivity contribution is -0.139. The Bertz CT molecular complexity index is 990. The normalized spacial score (nSPS) is 12.6. The van der Waals surface area contributed by atoms with Gasteiger partial charge in [0.15, 0.2) is 5.16 Å². The van der Waals surface area contributed by atoms with Crippen LogP contribution in [0.5, 0.6) is 0 Å². The summed E-state index contributed by atoms with van der Waals surface area (Å²) in [6.07, 6.45) is -4.10. The van der Waals surface area contributed by atoms with Gasteiger partial charge in [-0.2, -0.15) is 13.2 Å². The lowest BCUT2D eigenvalue weighted by Gasteiger charge is -2.14. The van der Waals surface area contributed by atoms with E-state index in [1.807, 2.05) is 30.3 Å². The fourth-order valence-electron chi connectivity index (χ4n) is 2.72. The molecule has 0 bridgehead atoms. The molecule has 1 unspecified atom stereocenters. The predicted octanol–water partition coefficient (Wildman–Crippen LogP) is 4.53.